The van der Waals surface area contributed by atoms with Crippen LogP contribution in [0.3, 0.4) is 0 Å². The summed E-state index contributed by atoms with van der Waals surface area (Å²) in [7, 11) is 0. The van der Waals surface area contributed by atoms with Crippen LogP contribution in [0.1, 0.15) is 19.8 Å². The van der Waals surface area contributed by atoms with Crippen LogP contribution in [0.5, 0.6) is 0 Å². The highest BCUT2D eigenvalue weighted by Crippen LogP contribution is 2.00. The smallest absolute Gasteiger partial charge is 0.0594 e. The second-order valence-corrected chi connectivity index (χ2v) is 3.36. The maximum Gasteiger partial charge on any atom is 0.0594 e. The highest BCUT2D eigenvalue weighted by Gasteiger charge is 2.08. The van der Waals surface area contributed by atoms with Gasteiger partial charge in [-0.3, -0.25) is 4.90 Å². The molecule has 0 N–H and O–H groups in total. The molecular formula is C10H21NO2. The van der Waals surface area contributed by atoms with E-state index < -0.39 is 0 Å². The molecule has 1 aliphatic heterocycles. The SMILES string of the molecule is CCOCCCCN1CCOCC1. The molecule has 0 saturated carbocycles. The van der Waals surface area contributed by atoms with Crippen molar-refractivity contribution in [3.63, 3.8) is 0 Å². The Labute approximate surface area is 81.0 Å². The molecule has 0 aromatic heterocycles. The van der Waals surface area contributed by atoms with Gasteiger partial charge < -0.3 is 9.47 Å². The quantitative estimate of drug-likeness (QED) is 0.582. The van der Waals surface area contributed by atoms with Crippen molar-refractivity contribution >= 4 is 0 Å². The van der Waals surface area contributed by atoms with Crippen molar-refractivity contribution in [1.82, 2.24) is 4.90 Å². The summed E-state index contributed by atoms with van der Waals surface area (Å²) in [6.07, 6.45) is 2.44. The largest absolute Gasteiger partial charge is 0.382 e. The molecule has 0 aromatic carbocycles. The van der Waals surface area contributed by atoms with E-state index >= 15 is 0 Å². The summed E-state index contributed by atoms with van der Waals surface area (Å²) in [5.74, 6) is 0. The Bertz CT molecular complexity index is 113. The van der Waals surface area contributed by atoms with Crippen LogP contribution in [0.25, 0.3) is 0 Å². The second-order valence-electron chi connectivity index (χ2n) is 3.36. The predicted octanol–water partition coefficient (Wildman–Crippen LogP) is 1.14. The molecule has 1 heterocycles. The van der Waals surface area contributed by atoms with Gasteiger partial charge in [-0.25, -0.2) is 0 Å². The molecule has 0 radical (unpaired) electrons. The van der Waals surface area contributed by atoms with E-state index in [9.17, 15) is 0 Å². The van der Waals surface area contributed by atoms with Gasteiger partial charge in [-0.05, 0) is 26.3 Å². The second kappa shape index (κ2) is 7.30. The number of hydrogen-bond acceptors (Lipinski definition) is 3. The minimum Gasteiger partial charge on any atom is -0.382 e. The Morgan fingerprint density at radius 1 is 1.23 bits per heavy atom. The van der Waals surface area contributed by atoms with Gasteiger partial charge in [0.2, 0.25) is 0 Å². The van der Waals surface area contributed by atoms with Crippen LogP contribution < -0.4 is 0 Å². The minimum atomic E-state index is 0.845. The first kappa shape index (κ1) is 11.0. The standard InChI is InChI=1S/C10H21NO2/c1-2-12-8-4-3-5-11-6-9-13-10-7-11/h2-10H2,1H3. The van der Waals surface area contributed by atoms with Gasteiger partial charge in [0.1, 0.15) is 0 Å². The topological polar surface area (TPSA) is 21.7 Å². The number of ether oxygens (including phenoxy) is 2. The third-order valence-electron chi connectivity index (χ3n) is 2.32. The number of unbranched alkanes of at least 4 members (excludes halogenated alkanes) is 1. The number of nitrogens with zero attached hydrogens (tertiary/aromatic N) is 1. The molecule has 0 amide bonds. The van der Waals surface area contributed by atoms with Gasteiger partial charge in [-0.15, -0.1) is 0 Å². The average molecular weight is 187 g/mol. The molecule has 0 atom stereocenters. The fourth-order valence-corrected chi connectivity index (χ4v) is 1.51. The normalized spacial score (nSPS) is 19.2. The van der Waals surface area contributed by atoms with Crippen LogP contribution in [-0.4, -0.2) is 51.0 Å². The first-order valence-electron chi connectivity index (χ1n) is 5.31. The summed E-state index contributed by atoms with van der Waals surface area (Å²) in [4.78, 5) is 2.47. The molecule has 1 saturated heterocycles. The van der Waals surface area contributed by atoms with E-state index in [2.05, 4.69) is 4.90 Å². The Hall–Kier alpha value is -0.120. The molecule has 13 heavy (non-hydrogen) atoms. The van der Waals surface area contributed by atoms with Gasteiger partial charge in [-0.1, -0.05) is 0 Å². The molecule has 0 aromatic rings. The molecule has 0 spiro atoms. The first-order valence-corrected chi connectivity index (χ1v) is 5.31. The Balaban J connectivity index is 1.86. The third kappa shape index (κ3) is 5.24. The highest BCUT2D eigenvalue weighted by molar-refractivity contribution is 4.61. The van der Waals surface area contributed by atoms with Crippen LogP contribution in [0.4, 0.5) is 0 Å². The molecule has 1 rings (SSSR count). The molecule has 78 valence electrons. The zero-order valence-corrected chi connectivity index (χ0v) is 8.63. The summed E-state index contributed by atoms with van der Waals surface area (Å²) >= 11 is 0. The lowest BCUT2D eigenvalue weighted by Gasteiger charge is -2.26. The van der Waals surface area contributed by atoms with Crippen LogP contribution in [-0.2, 0) is 9.47 Å². The van der Waals surface area contributed by atoms with E-state index in [0.29, 0.717) is 0 Å². The van der Waals surface area contributed by atoms with Crippen molar-refractivity contribution in [3.05, 3.63) is 0 Å². The molecule has 0 unspecified atom stereocenters. The lowest BCUT2D eigenvalue weighted by Crippen LogP contribution is -2.36. The summed E-state index contributed by atoms with van der Waals surface area (Å²) in [6, 6.07) is 0. The highest BCUT2D eigenvalue weighted by atomic mass is 16.5. The molecule has 0 aliphatic carbocycles. The summed E-state index contributed by atoms with van der Waals surface area (Å²) in [5.41, 5.74) is 0. The molecule has 1 aliphatic rings. The van der Waals surface area contributed by atoms with E-state index in [4.69, 9.17) is 9.47 Å². The minimum absolute atomic E-state index is 0.845. The van der Waals surface area contributed by atoms with Crippen molar-refractivity contribution in [1.29, 1.82) is 0 Å². The van der Waals surface area contributed by atoms with Crippen molar-refractivity contribution in [3.8, 4) is 0 Å². The number of hydrogen-bond donors (Lipinski definition) is 0. The summed E-state index contributed by atoms with van der Waals surface area (Å²) in [6.45, 7) is 9.04. The van der Waals surface area contributed by atoms with Gasteiger partial charge in [0.25, 0.3) is 0 Å². The first-order chi connectivity index (χ1) is 6.43. The Morgan fingerprint density at radius 3 is 2.69 bits per heavy atom. The van der Waals surface area contributed by atoms with E-state index in [1.165, 1.54) is 19.4 Å². The maximum absolute atomic E-state index is 5.28. The van der Waals surface area contributed by atoms with E-state index in [-0.39, 0.29) is 0 Å². The van der Waals surface area contributed by atoms with Crippen LogP contribution in [0.15, 0.2) is 0 Å². The zero-order valence-electron chi connectivity index (χ0n) is 8.63. The van der Waals surface area contributed by atoms with Crippen molar-refractivity contribution in [2.45, 2.75) is 19.8 Å². The van der Waals surface area contributed by atoms with Gasteiger partial charge in [0.05, 0.1) is 13.2 Å². The fourth-order valence-electron chi connectivity index (χ4n) is 1.51. The van der Waals surface area contributed by atoms with Gasteiger partial charge >= 0.3 is 0 Å². The monoisotopic (exact) mass is 187 g/mol. The van der Waals surface area contributed by atoms with Gasteiger partial charge in [-0.2, -0.15) is 0 Å². The number of rotatable bonds is 6. The molecule has 0 bridgehead atoms. The number of morpholine rings is 1. The lowest BCUT2D eigenvalue weighted by molar-refractivity contribution is 0.0359. The summed E-state index contributed by atoms with van der Waals surface area (Å²) < 4.78 is 10.6. The van der Waals surface area contributed by atoms with Crippen LogP contribution in [0.2, 0.25) is 0 Å². The third-order valence-corrected chi connectivity index (χ3v) is 2.32. The molecule has 3 heteroatoms. The Morgan fingerprint density at radius 2 is 2.00 bits per heavy atom. The summed E-state index contributed by atoms with van der Waals surface area (Å²) in [5, 5.41) is 0. The van der Waals surface area contributed by atoms with Gasteiger partial charge in [0, 0.05) is 26.3 Å². The van der Waals surface area contributed by atoms with E-state index in [1.54, 1.807) is 0 Å². The van der Waals surface area contributed by atoms with Crippen LogP contribution in [0, 0.1) is 0 Å². The maximum atomic E-state index is 5.28. The van der Waals surface area contributed by atoms with Gasteiger partial charge in [0.15, 0.2) is 0 Å². The lowest BCUT2D eigenvalue weighted by atomic mass is 10.3. The molecule has 3 nitrogen and oxygen atoms in total. The van der Waals surface area contributed by atoms with Crippen molar-refractivity contribution in [2.75, 3.05) is 46.1 Å². The van der Waals surface area contributed by atoms with E-state index in [0.717, 1.165) is 39.5 Å². The Kier molecular flexibility index (Phi) is 6.15. The van der Waals surface area contributed by atoms with E-state index in [1.807, 2.05) is 6.92 Å². The van der Waals surface area contributed by atoms with Crippen LogP contribution >= 0.6 is 0 Å². The molecular weight excluding hydrogens is 166 g/mol. The predicted molar refractivity (Wildman–Crippen MR) is 53.0 cm³/mol. The average Bonchev–Trinajstić information content (AvgIpc) is 2.19. The van der Waals surface area contributed by atoms with Crippen molar-refractivity contribution in [2.24, 2.45) is 0 Å². The fraction of sp³-hybridized carbons (Fsp3) is 1.00. The molecule has 1 fully saturated rings. The van der Waals surface area contributed by atoms with Crippen molar-refractivity contribution < 1.29 is 9.47 Å². The zero-order chi connectivity index (χ0) is 9.36.